The largest absolute Gasteiger partial charge is 0.438 e. The van der Waals surface area contributed by atoms with Gasteiger partial charge < -0.3 is 18.9 Å². The Labute approximate surface area is 400 Å². The molecule has 12 rings (SSSR count). The third-order valence-electron chi connectivity index (χ3n) is 15.8. The van der Waals surface area contributed by atoms with Crippen molar-refractivity contribution in [3.05, 3.63) is 139 Å². The van der Waals surface area contributed by atoms with Crippen LogP contribution in [-0.2, 0) is 27.7 Å². The van der Waals surface area contributed by atoms with Gasteiger partial charge in [0.05, 0.1) is 46.7 Å². The normalized spacial score (nSPS) is 24.2. The lowest BCUT2D eigenvalue weighted by molar-refractivity contribution is -0.112. The van der Waals surface area contributed by atoms with E-state index in [1.54, 1.807) is 65.6 Å². The second-order valence-electron chi connectivity index (χ2n) is 20.7. The Kier molecular flexibility index (Phi) is 9.83. The number of aryl methyl sites for hydroxylation is 3. The molecule has 0 radical (unpaired) electrons. The van der Waals surface area contributed by atoms with Crippen LogP contribution in [-0.4, -0.2) is 79.6 Å². The summed E-state index contributed by atoms with van der Waals surface area (Å²) in [6, 6.07) is 14.2. The van der Waals surface area contributed by atoms with Crippen LogP contribution in [0.4, 0.5) is 8.78 Å². The minimum Gasteiger partial charge on any atom is -0.376 e. The lowest BCUT2D eigenvalue weighted by Crippen LogP contribution is -2.53. The first-order valence-electron chi connectivity index (χ1n) is 24.1. The second-order valence-corrected chi connectivity index (χ2v) is 20.7. The molecule has 1 amide bonds. The molecule has 2 saturated heterocycles. The summed E-state index contributed by atoms with van der Waals surface area (Å²) in [5.41, 5.74) is 2.45. The maximum Gasteiger partial charge on any atom is 0.438 e. The van der Waals surface area contributed by atoms with Crippen LogP contribution in [0.3, 0.4) is 0 Å². The number of hydrogen-bond donors (Lipinski definition) is 1. The Morgan fingerprint density at radius 1 is 0.900 bits per heavy atom. The first-order valence-corrected chi connectivity index (χ1v) is 24.1. The third kappa shape index (κ3) is 6.51. The number of halogens is 2. The van der Waals surface area contributed by atoms with Gasteiger partial charge in [-0.15, -0.1) is 0 Å². The van der Waals surface area contributed by atoms with Crippen LogP contribution >= 0.6 is 0 Å². The van der Waals surface area contributed by atoms with E-state index in [-0.39, 0.29) is 46.8 Å². The number of amides is 1. The van der Waals surface area contributed by atoms with Gasteiger partial charge in [-0.25, -0.2) is 23.1 Å². The average molecular weight is 953 g/mol. The van der Waals surface area contributed by atoms with Gasteiger partial charge in [0.25, 0.3) is 5.91 Å². The van der Waals surface area contributed by atoms with Crippen molar-refractivity contribution in [1.29, 1.82) is 0 Å². The second kappa shape index (κ2) is 15.5. The van der Waals surface area contributed by atoms with Crippen LogP contribution < -0.4 is 11.4 Å². The SMILES string of the molecule is Cc1cc(-n2nc3c(c2-n2ccn(-c4ccc5c(cnn5C)c4F)c2=O)[C@H](C)N(C(=O)c2cc4cc([C@H]5CCOC(C)(C)C5)ccc4n2[C@@]2(c4noc(=O)[nH]4)C[C@@H]2C)CC32CCCCO2)cc(C)c1F. The molecule has 3 aliphatic heterocycles. The minimum absolute atomic E-state index is 0.0304. The van der Waals surface area contributed by atoms with Gasteiger partial charge in [0.1, 0.15) is 34.2 Å². The third-order valence-corrected chi connectivity index (χ3v) is 15.8. The van der Waals surface area contributed by atoms with Crippen molar-refractivity contribution in [2.24, 2.45) is 13.0 Å². The van der Waals surface area contributed by atoms with Crippen molar-refractivity contribution >= 4 is 27.7 Å². The van der Waals surface area contributed by atoms with Gasteiger partial charge in [0, 0.05) is 49.1 Å². The van der Waals surface area contributed by atoms with Crippen molar-refractivity contribution in [3.8, 4) is 17.2 Å². The number of carbonyl (C=O) groups is 1. The van der Waals surface area contributed by atoms with Gasteiger partial charge in [-0.2, -0.15) is 10.2 Å². The molecule has 1 aliphatic carbocycles. The quantitative estimate of drug-likeness (QED) is 0.166. The molecule has 5 atom stereocenters. The maximum atomic E-state index is 16.4. The lowest BCUT2D eigenvalue weighted by atomic mass is 9.82. The van der Waals surface area contributed by atoms with Crippen LogP contribution in [0.15, 0.2) is 81.2 Å². The summed E-state index contributed by atoms with van der Waals surface area (Å²) in [7, 11) is 1.72. The van der Waals surface area contributed by atoms with Gasteiger partial charge in [0.15, 0.2) is 11.6 Å². The number of nitrogens with zero attached hydrogens (tertiary/aromatic N) is 9. The van der Waals surface area contributed by atoms with Crippen molar-refractivity contribution in [3.63, 3.8) is 0 Å². The number of nitrogens with one attached hydrogen (secondary N) is 1. The predicted octanol–water partition coefficient (Wildman–Crippen LogP) is 8.30. The molecule has 1 spiro atoms. The van der Waals surface area contributed by atoms with Crippen molar-refractivity contribution in [1.82, 2.24) is 48.3 Å². The first kappa shape index (κ1) is 44.3. The molecule has 70 heavy (non-hydrogen) atoms. The Balaban J connectivity index is 1.06. The summed E-state index contributed by atoms with van der Waals surface area (Å²) in [4.78, 5) is 48.3. The average Bonchev–Trinajstić information content (AvgIpc) is 3.98. The summed E-state index contributed by atoms with van der Waals surface area (Å²) in [5, 5.41) is 14.9. The van der Waals surface area contributed by atoms with Gasteiger partial charge in [0.2, 0.25) is 0 Å². The van der Waals surface area contributed by atoms with E-state index in [1.807, 2.05) is 17.6 Å². The smallest absolute Gasteiger partial charge is 0.376 e. The van der Waals surface area contributed by atoms with Crippen molar-refractivity contribution < 1.29 is 27.6 Å². The minimum atomic E-state index is -1.11. The summed E-state index contributed by atoms with van der Waals surface area (Å²) in [6.07, 6.45) is 8.92. The predicted molar refractivity (Wildman–Crippen MR) is 255 cm³/mol. The molecule has 4 aliphatic rings. The zero-order valence-corrected chi connectivity index (χ0v) is 40.2. The van der Waals surface area contributed by atoms with Crippen LogP contribution in [0.5, 0.6) is 0 Å². The number of hydrogen-bond acceptors (Lipinski definition) is 9. The molecule has 362 valence electrons. The Bertz CT molecular complexity index is 3560. The molecule has 1 N–H and O–H groups in total. The Morgan fingerprint density at radius 3 is 2.36 bits per heavy atom. The zero-order valence-electron chi connectivity index (χ0n) is 40.2. The van der Waals surface area contributed by atoms with Crippen molar-refractivity contribution in [2.75, 3.05) is 19.8 Å². The topological polar surface area (TPSA) is 165 Å². The molecule has 5 aromatic heterocycles. The van der Waals surface area contributed by atoms with E-state index < -0.39 is 34.4 Å². The maximum absolute atomic E-state index is 16.4. The first-order chi connectivity index (χ1) is 33.5. The highest BCUT2D eigenvalue weighted by molar-refractivity contribution is 6.00. The molecule has 1 unspecified atom stereocenters. The number of fused-ring (bicyclic) bond motifs is 4. The lowest BCUT2D eigenvalue weighted by Gasteiger charge is -2.46. The van der Waals surface area contributed by atoms with E-state index in [0.29, 0.717) is 77.0 Å². The number of benzene rings is 3. The highest BCUT2D eigenvalue weighted by atomic mass is 19.1. The van der Waals surface area contributed by atoms with Crippen LogP contribution in [0.2, 0.25) is 0 Å². The van der Waals surface area contributed by atoms with E-state index in [4.69, 9.17) is 19.1 Å². The molecule has 3 fully saturated rings. The molecule has 16 nitrogen and oxygen atoms in total. The monoisotopic (exact) mass is 952 g/mol. The number of ether oxygens (including phenoxy) is 2. The highest BCUT2D eigenvalue weighted by Crippen LogP contribution is 2.56. The van der Waals surface area contributed by atoms with E-state index in [1.165, 1.54) is 21.5 Å². The fraction of sp³-hybridized carbons (Fsp3) is 0.423. The molecular formula is C52H54F2N10O6. The molecule has 1 saturated carbocycles. The summed E-state index contributed by atoms with van der Waals surface area (Å²) < 4.78 is 57.7. The number of imidazole rings is 1. The zero-order chi connectivity index (χ0) is 48.8. The Hall–Kier alpha value is -6.92. The molecule has 8 heterocycles. The number of aromatic nitrogens is 9. The summed E-state index contributed by atoms with van der Waals surface area (Å²) >= 11 is 0. The van der Waals surface area contributed by atoms with E-state index in [9.17, 15) is 4.79 Å². The van der Waals surface area contributed by atoms with Gasteiger partial charge >= 0.3 is 11.4 Å². The fourth-order valence-electron chi connectivity index (χ4n) is 12.1. The number of H-pyrrole nitrogens is 1. The fourth-order valence-corrected chi connectivity index (χ4v) is 12.1. The standard InChI is InChI=1S/C52H54F2N10O6/c1-28-20-35(21-29(2)42(28)53)64-45(61-17-16-60(49(61)67)39-13-12-38-36(43(39)54)26-55-59(38)7)41-31(4)62(27-51(44(41)57-64)15-8-9-18-69-51)46(65)40-23-34-22-32(33-14-19-68-50(5,6)25-33)10-11-37(34)63(40)52(24-30(52)3)47-56-48(66)70-58-47/h10-13,16-17,20-23,26,30-31,33H,8-9,14-15,18-19,24-25,27H2,1-7H3,(H,56,58,66)/t30-,31-,33-,51?,52-/m0/s1. The van der Waals surface area contributed by atoms with Crippen LogP contribution in [0.1, 0.15) is 122 Å². The van der Waals surface area contributed by atoms with Crippen LogP contribution in [0, 0.1) is 31.4 Å². The van der Waals surface area contributed by atoms with E-state index >= 15 is 18.4 Å². The number of aromatic amines is 1. The summed E-state index contributed by atoms with van der Waals surface area (Å²) in [6.45, 7) is 12.8. The number of carbonyl (C=O) groups excluding carboxylic acids is 1. The molecule has 18 heteroatoms. The number of rotatable bonds is 7. The van der Waals surface area contributed by atoms with Crippen molar-refractivity contribution in [2.45, 2.75) is 109 Å². The molecule has 8 aromatic rings. The van der Waals surface area contributed by atoms with Gasteiger partial charge in [-0.1, -0.05) is 18.1 Å². The molecule has 3 aromatic carbocycles. The highest BCUT2D eigenvalue weighted by Gasteiger charge is 2.60. The van der Waals surface area contributed by atoms with Crippen LogP contribution in [0.25, 0.3) is 39.0 Å². The summed E-state index contributed by atoms with van der Waals surface area (Å²) in [5.74, 6) is -1.09. The molecular weight excluding hydrogens is 899 g/mol. The molecule has 0 bridgehead atoms. The van der Waals surface area contributed by atoms with Gasteiger partial charge in [-0.3, -0.25) is 28.1 Å². The Morgan fingerprint density at radius 2 is 1.66 bits per heavy atom. The van der Waals surface area contributed by atoms with E-state index in [2.05, 4.69) is 54.2 Å². The van der Waals surface area contributed by atoms with E-state index in [0.717, 1.165) is 42.1 Å². The van der Waals surface area contributed by atoms with Gasteiger partial charge in [-0.05, 0) is 144 Å².